The summed E-state index contributed by atoms with van der Waals surface area (Å²) >= 11 is 0. The number of pyridine rings is 2. The SMILES string of the molecule is C[C@H]1CN(c2ccc([N+](=O)[O-])c(Nc3ccncc3)n2)C[C@H](C)N1C(=O)O. The summed E-state index contributed by atoms with van der Waals surface area (Å²) in [6, 6.07) is 5.93. The number of nitrogens with zero attached hydrogens (tertiary/aromatic N) is 5. The van der Waals surface area contributed by atoms with E-state index in [-0.39, 0.29) is 23.6 Å². The summed E-state index contributed by atoms with van der Waals surface area (Å²) in [7, 11) is 0. The second kappa shape index (κ2) is 7.44. The van der Waals surface area contributed by atoms with Crippen LogP contribution in [0.25, 0.3) is 0 Å². The first-order chi connectivity index (χ1) is 12.9. The lowest BCUT2D eigenvalue weighted by Crippen LogP contribution is -2.58. The summed E-state index contributed by atoms with van der Waals surface area (Å²) in [6.45, 7) is 4.57. The van der Waals surface area contributed by atoms with Crippen molar-refractivity contribution in [1.29, 1.82) is 0 Å². The number of nitrogens with one attached hydrogen (secondary N) is 1. The molecule has 3 rings (SSSR count). The molecule has 1 amide bonds. The van der Waals surface area contributed by atoms with Gasteiger partial charge in [-0.3, -0.25) is 20.0 Å². The number of carboxylic acid groups (broad SMARTS) is 1. The third kappa shape index (κ3) is 3.89. The average Bonchev–Trinajstić information content (AvgIpc) is 2.61. The molecule has 0 unspecified atom stereocenters. The van der Waals surface area contributed by atoms with Crippen molar-refractivity contribution in [2.45, 2.75) is 25.9 Å². The summed E-state index contributed by atoms with van der Waals surface area (Å²) in [5.41, 5.74) is 0.496. The first-order valence-electron chi connectivity index (χ1n) is 8.45. The molecule has 1 fully saturated rings. The molecule has 0 aromatic carbocycles. The van der Waals surface area contributed by atoms with Gasteiger partial charge in [0.2, 0.25) is 5.82 Å². The van der Waals surface area contributed by atoms with Crippen molar-refractivity contribution in [3.63, 3.8) is 0 Å². The van der Waals surface area contributed by atoms with Gasteiger partial charge in [0.25, 0.3) is 0 Å². The Hall–Kier alpha value is -3.43. The fourth-order valence-electron chi connectivity index (χ4n) is 3.32. The molecule has 0 radical (unpaired) electrons. The number of nitro groups is 1. The summed E-state index contributed by atoms with van der Waals surface area (Å²) in [5.74, 6) is 0.686. The summed E-state index contributed by atoms with van der Waals surface area (Å²) in [4.78, 5) is 34.0. The predicted octanol–water partition coefficient (Wildman–Crippen LogP) is 2.71. The molecule has 142 valence electrons. The van der Waals surface area contributed by atoms with Crippen LogP contribution in [0.5, 0.6) is 0 Å². The van der Waals surface area contributed by atoms with Crippen molar-refractivity contribution in [2.75, 3.05) is 23.3 Å². The van der Waals surface area contributed by atoms with Crippen molar-refractivity contribution >= 4 is 29.1 Å². The van der Waals surface area contributed by atoms with Crippen LogP contribution in [-0.4, -0.2) is 56.2 Å². The maximum absolute atomic E-state index is 11.4. The molecule has 0 bridgehead atoms. The molecule has 2 atom stereocenters. The van der Waals surface area contributed by atoms with Gasteiger partial charge >= 0.3 is 11.8 Å². The van der Waals surface area contributed by atoms with Crippen LogP contribution in [0.1, 0.15) is 13.8 Å². The number of hydrogen-bond donors (Lipinski definition) is 2. The predicted molar refractivity (Wildman–Crippen MR) is 99.4 cm³/mol. The Morgan fingerprint density at radius 1 is 1.22 bits per heavy atom. The fourth-order valence-corrected chi connectivity index (χ4v) is 3.32. The maximum atomic E-state index is 11.4. The van der Waals surface area contributed by atoms with Gasteiger partial charge in [0.05, 0.1) is 17.0 Å². The lowest BCUT2D eigenvalue weighted by molar-refractivity contribution is -0.384. The molecule has 2 N–H and O–H groups in total. The topological polar surface area (TPSA) is 125 Å². The van der Waals surface area contributed by atoms with E-state index < -0.39 is 11.0 Å². The molecule has 1 saturated heterocycles. The minimum Gasteiger partial charge on any atom is -0.465 e. The van der Waals surface area contributed by atoms with E-state index >= 15 is 0 Å². The number of rotatable bonds is 4. The van der Waals surface area contributed by atoms with Gasteiger partial charge < -0.3 is 15.3 Å². The van der Waals surface area contributed by atoms with Gasteiger partial charge in [0.1, 0.15) is 5.82 Å². The van der Waals surface area contributed by atoms with Crippen molar-refractivity contribution < 1.29 is 14.8 Å². The molecule has 2 aromatic rings. The number of amides is 1. The van der Waals surface area contributed by atoms with Crippen LogP contribution >= 0.6 is 0 Å². The highest BCUT2D eigenvalue weighted by atomic mass is 16.6. The van der Waals surface area contributed by atoms with Crippen molar-refractivity contribution in [1.82, 2.24) is 14.9 Å². The van der Waals surface area contributed by atoms with Crippen LogP contribution in [0, 0.1) is 10.1 Å². The Labute approximate surface area is 155 Å². The molecule has 1 aliphatic heterocycles. The maximum Gasteiger partial charge on any atom is 0.407 e. The van der Waals surface area contributed by atoms with Gasteiger partial charge in [0.15, 0.2) is 0 Å². The molecule has 10 nitrogen and oxygen atoms in total. The highest BCUT2D eigenvalue weighted by Crippen LogP contribution is 2.30. The smallest absolute Gasteiger partial charge is 0.407 e. The highest BCUT2D eigenvalue weighted by molar-refractivity contribution is 5.69. The van der Waals surface area contributed by atoms with E-state index in [0.29, 0.717) is 24.6 Å². The third-order valence-corrected chi connectivity index (χ3v) is 4.46. The van der Waals surface area contributed by atoms with Crippen LogP contribution in [0.4, 0.5) is 27.8 Å². The molecule has 1 aliphatic rings. The van der Waals surface area contributed by atoms with Gasteiger partial charge in [-0.05, 0) is 32.0 Å². The molecule has 0 aliphatic carbocycles. The van der Waals surface area contributed by atoms with Crippen LogP contribution in [-0.2, 0) is 0 Å². The molecule has 3 heterocycles. The quantitative estimate of drug-likeness (QED) is 0.620. The summed E-state index contributed by atoms with van der Waals surface area (Å²) in [6.07, 6.45) is 2.20. The van der Waals surface area contributed by atoms with Crippen LogP contribution in [0.2, 0.25) is 0 Å². The number of anilines is 3. The zero-order valence-corrected chi connectivity index (χ0v) is 14.9. The second-order valence-corrected chi connectivity index (χ2v) is 6.45. The lowest BCUT2D eigenvalue weighted by Gasteiger charge is -2.43. The Bertz CT molecular complexity index is 835. The zero-order chi connectivity index (χ0) is 19.6. The summed E-state index contributed by atoms with van der Waals surface area (Å²) < 4.78 is 0. The van der Waals surface area contributed by atoms with E-state index in [9.17, 15) is 20.0 Å². The molecule has 10 heteroatoms. The largest absolute Gasteiger partial charge is 0.465 e. The highest BCUT2D eigenvalue weighted by Gasteiger charge is 2.33. The number of aromatic nitrogens is 2. The van der Waals surface area contributed by atoms with Gasteiger partial charge in [-0.2, -0.15) is 0 Å². The second-order valence-electron chi connectivity index (χ2n) is 6.45. The molecular formula is C17H20N6O4. The first kappa shape index (κ1) is 18.4. The minimum absolute atomic E-state index is 0.129. The van der Waals surface area contributed by atoms with E-state index in [2.05, 4.69) is 15.3 Å². The van der Waals surface area contributed by atoms with E-state index in [4.69, 9.17) is 0 Å². The van der Waals surface area contributed by atoms with Crippen molar-refractivity contribution in [3.8, 4) is 0 Å². The normalized spacial score (nSPS) is 19.6. The van der Waals surface area contributed by atoms with Crippen LogP contribution in [0.15, 0.2) is 36.7 Å². The van der Waals surface area contributed by atoms with Gasteiger partial charge in [-0.1, -0.05) is 0 Å². The standard InChI is InChI=1S/C17H20N6O4/c1-11-9-21(10-12(2)22(11)17(24)25)15-4-3-14(23(26)27)16(20-15)19-13-5-7-18-8-6-13/h3-8,11-12H,9-10H2,1-2H3,(H,24,25)(H,18,19,20)/t11-,12-/m0/s1. The number of hydrogen-bond acceptors (Lipinski definition) is 7. The molecule has 2 aromatic heterocycles. The van der Waals surface area contributed by atoms with Crippen LogP contribution in [0.3, 0.4) is 0 Å². The third-order valence-electron chi connectivity index (χ3n) is 4.46. The molecule has 0 spiro atoms. The molecule has 0 saturated carbocycles. The minimum atomic E-state index is -0.952. The van der Waals surface area contributed by atoms with Gasteiger partial charge in [0, 0.05) is 37.2 Å². The first-order valence-corrected chi connectivity index (χ1v) is 8.45. The van der Waals surface area contributed by atoms with Crippen molar-refractivity contribution in [2.24, 2.45) is 0 Å². The van der Waals surface area contributed by atoms with E-state index in [1.807, 2.05) is 18.7 Å². The van der Waals surface area contributed by atoms with E-state index in [1.54, 1.807) is 30.6 Å². The molecule has 27 heavy (non-hydrogen) atoms. The number of piperazine rings is 1. The Balaban J connectivity index is 1.89. The Morgan fingerprint density at radius 3 is 2.41 bits per heavy atom. The Morgan fingerprint density at radius 2 is 1.85 bits per heavy atom. The average molecular weight is 372 g/mol. The van der Waals surface area contributed by atoms with E-state index in [0.717, 1.165) is 0 Å². The zero-order valence-electron chi connectivity index (χ0n) is 14.9. The van der Waals surface area contributed by atoms with E-state index in [1.165, 1.54) is 11.0 Å². The fraction of sp³-hybridized carbons (Fsp3) is 0.353. The van der Waals surface area contributed by atoms with Gasteiger partial charge in [-0.25, -0.2) is 9.78 Å². The van der Waals surface area contributed by atoms with Crippen LogP contribution < -0.4 is 10.2 Å². The summed E-state index contributed by atoms with van der Waals surface area (Å²) in [5, 5.41) is 23.7. The molecular weight excluding hydrogens is 352 g/mol. The number of carbonyl (C=O) groups is 1. The van der Waals surface area contributed by atoms with Crippen molar-refractivity contribution in [3.05, 3.63) is 46.8 Å². The monoisotopic (exact) mass is 372 g/mol. The lowest BCUT2D eigenvalue weighted by atomic mass is 10.1. The Kier molecular flexibility index (Phi) is 5.06. The van der Waals surface area contributed by atoms with Gasteiger partial charge in [-0.15, -0.1) is 0 Å².